The molecule has 3 nitrogen and oxygen atoms in total. The van der Waals surface area contributed by atoms with Crippen LogP contribution < -0.4 is 0 Å². The van der Waals surface area contributed by atoms with Gasteiger partial charge in [0.25, 0.3) is 0 Å². The van der Waals surface area contributed by atoms with Crippen LogP contribution in [0.4, 0.5) is 0 Å². The molecule has 0 aliphatic heterocycles. The summed E-state index contributed by atoms with van der Waals surface area (Å²) in [5, 5.41) is 0. The second-order valence-electron chi connectivity index (χ2n) is 5.14. The molecule has 2 rings (SSSR count). The predicted molar refractivity (Wildman–Crippen MR) is 93.7 cm³/mol. The molecule has 1 aromatic carbocycles. The van der Waals surface area contributed by atoms with Gasteiger partial charge in [-0.05, 0) is 51.7 Å². The van der Waals surface area contributed by atoms with E-state index in [2.05, 4.69) is 30.3 Å². The summed E-state index contributed by atoms with van der Waals surface area (Å²) < 4.78 is 19.4. The van der Waals surface area contributed by atoms with Gasteiger partial charge in [0, 0.05) is 24.7 Å². The fraction of sp³-hybridized carbons (Fsp3) is 0.529. The smallest absolute Gasteiger partial charge is 0.370 e. The molecule has 1 aliphatic carbocycles. The molecular weight excluding hydrogens is 312 g/mol. The maximum atomic E-state index is 6.08. The van der Waals surface area contributed by atoms with Crippen LogP contribution in [0.25, 0.3) is 0 Å². The third-order valence-corrected chi connectivity index (χ3v) is 7.98. The van der Waals surface area contributed by atoms with Crippen LogP contribution in [0, 0.1) is 5.92 Å². The summed E-state index contributed by atoms with van der Waals surface area (Å²) in [6, 6.07) is 10.4. The maximum absolute atomic E-state index is 6.08. The third kappa shape index (κ3) is 4.96. The van der Waals surface area contributed by atoms with E-state index >= 15 is 0 Å². The highest BCUT2D eigenvalue weighted by Gasteiger charge is 2.46. The molecule has 1 fully saturated rings. The molecule has 1 aromatic rings. The Morgan fingerprint density at radius 2 is 1.59 bits per heavy atom. The zero-order valence-electron chi connectivity index (χ0n) is 13.7. The Labute approximate surface area is 139 Å². The third-order valence-electron chi connectivity index (χ3n) is 3.28. The first-order chi connectivity index (χ1) is 10.7. The van der Waals surface area contributed by atoms with E-state index in [1.165, 1.54) is 17.7 Å². The highest BCUT2D eigenvalue weighted by atomic mass is 32.2. The lowest BCUT2D eigenvalue weighted by Gasteiger charge is -2.30. The molecule has 1 saturated carbocycles. The monoisotopic (exact) mass is 338 g/mol. The van der Waals surface area contributed by atoms with Gasteiger partial charge in [-0.3, -0.25) is 0 Å². The van der Waals surface area contributed by atoms with E-state index in [1.54, 1.807) is 11.8 Å². The fourth-order valence-corrected chi connectivity index (χ4v) is 6.65. The van der Waals surface area contributed by atoms with Crippen LogP contribution in [0.2, 0.25) is 0 Å². The molecular formula is C17H26O3SSi. The topological polar surface area (TPSA) is 27.7 Å². The van der Waals surface area contributed by atoms with Crippen molar-refractivity contribution in [2.45, 2.75) is 38.5 Å². The Kier molecular flexibility index (Phi) is 7.17. The van der Waals surface area contributed by atoms with Crippen molar-refractivity contribution in [1.29, 1.82) is 0 Å². The summed E-state index contributed by atoms with van der Waals surface area (Å²) in [6.45, 7) is 7.81. The molecule has 0 N–H and O–H groups in total. The van der Waals surface area contributed by atoms with Gasteiger partial charge in [-0.15, -0.1) is 0 Å². The van der Waals surface area contributed by atoms with Crippen molar-refractivity contribution in [3.8, 4) is 0 Å². The molecule has 0 atom stereocenters. The molecule has 122 valence electrons. The number of thioether (sulfide) groups is 1. The van der Waals surface area contributed by atoms with Gasteiger partial charge in [0.2, 0.25) is 0 Å². The van der Waals surface area contributed by atoms with Crippen LogP contribution >= 0.6 is 11.8 Å². The SMILES string of the molecule is CCO[Si](OCC)(OCC)/C(=C/C1CC1)Sc1ccccc1. The van der Waals surface area contributed by atoms with Gasteiger partial charge in [0.1, 0.15) is 0 Å². The van der Waals surface area contributed by atoms with Gasteiger partial charge in [0.05, 0.1) is 4.53 Å². The normalized spacial score (nSPS) is 16.0. The Morgan fingerprint density at radius 3 is 2.05 bits per heavy atom. The number of hydrogen-bond donors (Lipinski definition) is 0. The maximum Gasteiger partial charge on any atom is 0.543 e. The summed E-state index contributed by atoms with van der Waals surface area (Å²) in [7, 11) is -2.81. The van der Waals surface area contributed by atoms with Crippen LogP contribution in [-0.4, -0.2) is 28.6 Å². The molecule has 22 heavy (non-hydrogen) atoms. The molecule has 0 unspecified atom stereocenters. The first-order valence-corrected chi connectivity index (χ1v) is 10.6. The average molecular weight is 339 g/mol. The van der Waals surface area contributed by atoms with Crippen LogP contribution in [0.5, 0.6) is 0 Å². The van der Waals surface area contributed by atoms with Crippen molar-refractivity contribution in [3.05, 3.63) is 40.9 Å². The van der Waals surface area contributed by atoms with Crippen molar-refractivity contribution in [1.82, 2.24) is 0 Å². The first-order valence-electron chi connectivity index (χ1n) is 8.11. The minimum atomic E-state index is -2.81. The molecule has 0 heterocycles. The van der Waals surface area contributed by atoms with Gasteiger partial charge in [-0.25, -0.2) is 0 Å². The van der Waals surface area contributed by atoms with Crippen molar-refractivity contribution in [3.63, 3.8) is 0 Å². The second-order valence-corrected chi connectivity index (χ2v) is 9.13. The fourth-order valence-electron chi connectivity index (χ4n) is 2.20. The summed E-state index contributed by atoms with van der Waals surface area (Å²) in [5.41, 5.74) is 0. The molecule has 0 bridgehead atoms. The molecule has 1 aliphatic rings. The van der Waals surface area contributed by atoms with Crippen molar-refractivity contribution < 1.29 is 13.3 Å². The Bertz CT molecular complexity index is 457. The molecule has 0 spiro atoms. The van der Waals surface area contributed by atoms with Gasteiger partial charge >= 0.3 is 8.80 Å². The van der Waals surface area contributed by atoms with Crippen molar-refractivity contribution >= 4 is 20.6 Å². The molecule has 0 radical (unpaired) electrons. The lowest BCUT2D eigenvalue weighted by atomic mass is 10.4. The summed E-state index contributed by atoms with van der Waals surface area (Å²) in [6.07, 6.45) is 4.84. The van der Waals surface area contributed by atoms with Gasteiger partial charge in [0.15, 0.2) is 0 Å². The van der Waals surface area contributed by atoms with E-state index in [0.717, 1.165) is 4.53 Å². The number of allylic oxidation sites excluding steroid dienone is 1. The largest absolute Gasteiger partial charge is 0.543 e. The van der Waals surface area contributed by atoms with Crippen molar-refractivity contribution in [2.24, 2.45) is 5.92 Å². The van der Waals surface area contributed by atoms with E-state index in [9.17, 15) is 0 Å². The van der Waals surface area contributed by atoms with E-state index in [0.29, 0.717) is 25.7 Å². The van der Waals surface area contributed by atoms with Crippen LogP contribution in [0.15, 0.2) is 45.8 Å². The molecule has 0 amide bonds. The zero-order valence-corrected chi connectivity index (χ0v) is 15.5. The number of rotatable bonds is 10. The van der Waals surface area contributed by atoms with Crippen molar-refractivity contribution in [2.75, 3.05) is 19.8 Å². The van der Waals surface area contributed by atoms with Crippen LogP contribution in [0.1, 0.15) is 33.6 Å². The van der Waals surface area contributed by atoms with Crippen LogP contribution in [0.3, 0.4) is 0 Å². The lowest BCUT2D eigenvalue weighted by molar-refractivity contribution is 0.0831. The van der Waals surface area contributed by atoms with Crippen LogP contribution in [-0.2, 0) is 13.3 Å². The van der Waals surface area contributed by atoms with E-state index in [-0.39, 0.29) is 0 Å². The standard InChI is InChI=1S/C17H26O3SSi/c1-4-18-22(19-5-2,20-6-3)17(14-15-12-13-15)21-16-10-8-7-9-11-16/h7-11,14-15H,4-6,12-13H2,1-3H3/b17-14+. The van der Waals surface area contributed by atoms with Gasteiger partial charge in [-0.2, -0.15) is 0 Å². The molecule has 0 saturated heterocycles. The predicted octanol–water partition coefficient (Wildman–Crippen LogP) is 4.66. The van der Waals surface area contributed by atoms with E-state index < -0.39 is 8.80 Å². The van der Waals surface area contributed by atoms with Gasteiger partial charge < -0.3 is 13.3 Å². The quantitative estimate of drug-likeness (QED) is 0.458. The lowest BCUT2D eigenvalue weighted by Crippen LogP contribution is -2.47. The number of hydrogen-bond acceptors (Lipinski definition) is 4. The highest BCUT2D eigenvalue weighted by Crippen LogP contribution is 2.40. The molecule has 5 heteroatoms. The summed E-state index contributed by atoms with van der Waals surface area (Å²) in [5.74, 6) is 0.652. The Morgan fingerprint density at radius 1 is 1.05 bits per heavy atom. The Balaban J connectivity index is 2.30. The van der Waals surface area contributed by atoms with E-state index in [4.69, 9.17) is 13.3 Å². The zero-order chi connectivity index (χ0) is 15.8. The summed E-state index contributed by atoms with van der Waals surface area (Å²) in [4.78, 5) is 1.20. The molecule has 0 aromatic heterocycles. The minimum Gasteiger partial charge on any atom is -0.370 e. The highest BCUT2D eigenvalue weighted by molar-refractivity contribution is 8.05. The second kappa shape index (κ2) is 8.89. The average Bonchev–Trinajstić information content (AvgIpc) is 3.32. The Hall–Kier alpha value is -0.593. The minimum absolute atomic E-state index is 0.601. The first kappa shape index (κ1) is 17.8. The van der Waals surface area contributed by atoms with Gasteiger partial charge in [-0.1, -0.05) is 36.0 Å². The number of benzene rings is 1. The summed E-state index contributed by atoms with van der Waals surface area (Å²) >= 11 is 1.73. The van der Waals surface area contributed by atoms with E-state index in [1.807, 2.05) is 26.8 Å².